The number of aliphatic hydroxyl groups is 3. The number of phenolic OH excluding ortho intramolecular Hbond substituents is 2. The Hall–Kier alpha value is -3.64. The fraction of sp³-hybridized carbons (Fsp3) is 0.304. The minimum Gasteiger partial charge on any atom is -0.504 e. The van der Waals surface area contributed by atoms with Gasteiger partial charge in [0.25, 0.3) is 0 Å². The standard InChI is InChI=1S/C23H22O11/c1-2-31-22(30)21-19(28)18(27)20(29)23(34-21)33-14-9-13-15(17(26)16(14)25)11(24)8-12(32-13)10-6-4-3-5-7-10/h3-9,18-21,23,25-29H,2H2,1H3/t18-,19-,20+,21-,23+/m0/s1. The Bertz CT molecular complexity index is 1250. The van der Waals surface area contributed by atoms with Gasteiger partial charge in [0.2, 0.25) is 12.0 Å². The zero-order chi connectivity index (χ0) is 24.6. The molecule has 2 heterocycles. The molecule has 0 spiro atoms. The Morgan fingerprint density at radius 3 is 2.38 bits per heavy atom. The number of benzene rings is 2. The van der Waals surface area contributed by atoms with Crippen LogP contribution in [0.3, 0.4) is 0 Å². The predicted octanol–water partition coefficient (Wildman–Crippen LogP) is 0.621. The molecular formula is C23H22O11. The maximum absolute atomic E-state index is 12.6. The Labute approximate surface area is 192 Å². The lowest BCUT2D eigenvalue weighted by Crippen LogP contribution is -2.61. The highest BCUT2D eigenvalue weighted by molar-refractivity contribution is 5.89. The van der Waals surface area contributed by atoms with Gasteiger partial charge in [-0.2, -0.15) is 0 Å². The largest absolute Gasteiger partial charge is 0.504 e. The Morgan fingerprint density at radius 2 is 1.71 bits per heavy atom. The fourth-order valence-electron chi connectivity index (χ4n) is 3.59. The highest BCUT2D eigenvalue weighted by Crippen LogP contribution is 2.42. The summed E-state index contributed by atoms with van der Waals surface area (Å²) < 4.78 is 21.2. The molecule has 0 amide bonds. The third kappa shape index (κ3) is 4.17. The number of carbonyl (C=O) groups is 1. The van der Waals surface area contributed by atoms with Gasteiger partial charge in [-0.15, -0.1) is 0 Å². The molecule has 1 fully saturated rings. The average molecular weight is 474 g/mol. The zero-order valence-corrected chi connectivity index (χ0v) is 17.8. The maximum atomic E-state index is 12.6. The minimum absolute atomic E-state index is 0.0301. The van der Waals surface area contributed by atoms with Crippen molar-refractivity contribution in [3.63, 3.8) is 0 Å². The lowest BCUT2D eigenvalue weighted by atomic mass is 9.99. The Kier molecular flexibility index (Phi) is 6.44. The number of rotatable bonds is 5. The van der Waals surface area contributed by atoms with Crippen LogP contribution in [0, 0.1) is 0 Å². The smallest absolute Gasteiger partial charge is 0.338 e. The molecule has 4 rings (SSSR count). The van der Waals surface area contributed by atoms with E-state index in [4.69, 9.17) is 18.6 Å². The van der Waals surface area contributed by atoms with Gasteiger partial charge in [-0.25, -0.2) is 4.79 Å². The molecule has 0 radical (unpaired) electrons. The molecule has 2 aromatic carbocycles. The van der Waals surface area contributed by atoms with Crippen LogP contribution in [0.1, 0.15) is 6.92 Å². The Balaban J connectivity index is 1.73. The monoisotopic (exact) mass is 474 g/mol. The van der Waals surface area contributed by atoms with Crippen molar-refractivity contribution in [3.8, 4) is 28.6 Å². The number of esters is 1. The van der Waals surface area contributed by atoms with Crippen LogP contribution in [0.15, 0.2) is 51.7 Å². The first-order chi connectivity index (χ1) is 16.2. The fourth-order valence-corrected chi connectivity index (χ4v) is 3.59. The van der Waals surface area contributed by atoms with Crippen molar-refractivity contribution in [2.45, 2.75) is 37.6 Å². The highest BCUT2D eigenvalue weighted by atomic mass is 16.7. The van der Waals surface area contributed by atoms with E-state index in [-0.39, 0.29) is 23.3 Å². The highest BCUT2D eigenvalue weighted by Gasteiger charge is 2.49. The van der Waals surface area contributed by atoms with Crippen LogP contribution in [0.4, 0.5) is 0 Å². The molecule has 0 unspecified atom stereocenters. The van der Waals surface area contributed by atoms with E-state index in [2.05, 4.69) is 0 Å². The number of aliphatic hydroxyl groups excluding tert-OH is 3. The first-order valence-electron chi connectivity index (χ1n) is 10.3. The van der Waals surface area contributed by atoms with Gasteiger partial charge in [0.15, 0.2) is 23.0 Å². The van der Waals surface area contributed by atoms with E-state index in [1.165, 1.54) is 6.92 Å². The molecule has 5 atom stereocenters. The molecule has 3 aromatic rings. The van der Waals surface area contributed by atoms with Crippen molar-refractivity contribution >= 4 is 16.9 Å². The molecule has 34 heavy (non-hydrogen) atoms. The first kappa shape index (κ1) is 23.5. The van der Waals surface area contributed by atoms with E-state index >= 15 is 0 Å². The molecule has 0 bridgehead atoms. The van der Waals surface area contributed by atoms with Crippen molar-refractivity contribution in [2.75, 3.05) is 6.61 Å². The molecule has 1 saturated heterocycles. The van der Waals surface area contributed by atoms with Crippen LogP contribution in [0.5, 0.6) is 17.2 Å². The number of fused-ring (bicyclic) bond motifs is 1. The summed E-state index contributed by atoms with van der Waals surface area (Å²) in [5.41, 5.74) is -0.198. The zero-order valence-electron chi connectivity index (χ0n) is 17.8. The van der Waals surface area contributed by atoms with Crippen LogP contribution < -0.4 is 10.2 Å². The second-order valence-corrected chi connectivity index (χ2v) is 7.55. The van der Waals surface area contributed by atoms with E-state index < -0.39 is 59.4 Å². The molecule has 0 saturated carbocycles. The number of ether oxygens (including phenoxy) is 3. The van der Waals surface area contributed by atoms with Gasteiger partial charge in [0, 0.05) is 17.7 Å². The van der Waals surface area contributed by atoms with Crippen LogP contribution in [-0.2, 0) is 14.3 Å². The normalized spacial score (nSPS) is 24.6. The lowest BCUT2D eigenvalue weighted by molar-refractivity contribution is -0.272. The van der Waals surface area contributed by atoms with Crippen LogP contribution in [0.2, 0.25) is 0 Å². The molecule has 1 aliphatic heterocycles. The third-order valence-electron chi connectivity index (χ3n) is 5.32. The maximum Gasteiger partial charge on any atom is 0.338 e. The van der Waals surface area contributed by atoms with Gasteiger partial charge in [-0.05, 0) is 6.92 Å². The summed E-state index contributed by atoms with van der Waals surface area (Å²) in [6.45, 7) is 1.50. The third-order valence-corrected chi connectivity index (χ3v) is 5.32. The average Bonchev–Trinajstić information content (AvgIpc) is 2.82. The number of phenols is 2. The summed E-state index contributed by atoms with van der Waals surface area (Å²) in [5.74, 6) is -3.00. The first-order valence-corrected chi connectivity index (χ1v) is 10.3. The quantitative estimate of drug-likeness (QED) is 0.259. The van der Waals surface area contributed by atoms with Gasteiger partial charge in [-0.3, -0.25) is 4.79 Å². The molecule has 11 nitrogen and oxygen atoms in total. The van der Waals surface area contributed by atoms with Crippen LogP contribution in [-0.4, -0.2) is 68.8 Å². The van der Waals surface area contributed by atoms with Crippen LogP contribution >= 0.6 is 0 Å². The summed E-state index contributed by atoms with van der Waals surface area (Å²) in [6, 6.07) is 10.9. The molecule has 5 N–H and O–H groups in total. The number of aromatic hydroxyl groups is 2. The Morgan fingerprint density at radius 1 is 1.00 bits per heavy atom. The summed E-state index contributed by atoms with van der Waals surface area (Å²) in [7, 11) is 0. The SMILES string of the molecule is CCOC(=O)[C@H]1O[C@@H](Oc2cc3oc(-c4ccccc4)cc(=O)c3c(O)c2O)[C@H](O)[C@@H](O)[C@@H]1O. The van der Waals surface area contributed by atoms with Gasteiger partial charge in [0.05, 0.1) is 6.61 Å². The summed E-state index contributed by atoms with van der Waals surface area (Å²) in [6.07, 6.45) is -8.96. The second-order valence-electron chi connectivity index (χ2n) is 7.55. The molecule has 180 valence electrons. The molecule has 1 aliphatic rings. The summed E-state index contributed by atoms with van der Waals surface area (Å²) in [5, 5.41) is 51.0. The van der Waals surface area contributed by atoms with Crippen molar-refractivity contribution < 1.29 is 49.0 Å². The van der Waals surface area contributed by atoms with Crippen molar-refractivity contribution in [1.82, 2.24) is 0 Å². The number of hydrogen-bond donors (Lipinski definition) is 5. The van der Waals surface area contributed by atoms with Crippen molar-refractivity contribution in [3.05, 3.63) is 52.7 Å². The number of hydrogen-bond acceptors (Lipinski definition) is 11. The molecule has 1 aromatic heterocycles. The predicted molar refractivity (Wildman–Crippen MR) is 115 cm³/mol. The topological polar surface area (TPSA) is 176 Å². The molecule has 0 aliphatic carbocycles. The van der Waals surface area contributed by atoms with Crippen molar-refractivity contribution in [1.29, 1.82) is 0 Å². The van der Waals surface area contributed by atoms with Crippen molar-refractivity contribution in [2.24, 2.45) is 0 Å². The van der Waals surface area contributed by atoms with E-state index in [1.807, 2.05) is 0 Å². The second kappa shape index (κ2) is 9.31. The molecular weight excluding hydrogens is 452 g/mol. The summed E-state index contributed by atoms with van der Waals surface area (Å²) >= 11 is 0. The van der Waals surface area contributed by atoms with Gasteiger partial charge in [-0.1, -0.05) is 30.3 Å². The number of carbonyl (C=O) groups excluding carboxylic acids is 1. The van der Waals surface area contributed by atoms with Gasteiger partial charge in [0.1, 0.15) is 35.0 Å². The molecule has 11 heteroatoms. The van der Waals surface area contributed by atoms with Crippen LogP contribution in [0.25, 0.3) is 22.3 Å². The van der Waals surface area contributed by atoms with E-state index in [0.29, 0.717) is 5.56 Å². The van der Waals surface area contributed by atoms with Gasteiger partial charge < -0.3 is 44.2 Å². The van der Waals surface area contributed by atoms with E-state index in [0.717, 1.165) is 12.1 Å². The summed E-state index contributed by atoms with van der Waals surface area (Å²) in [4.78, 5) is 24.7. The lowest BCUT2D eigenvalue weighted by Gasteiger charge is -2.39. The van der Waals surface area contributed by atoms with Gasteiger partial charge >= 0.3 is 5.97 Å². The van der Waals surface area contributed by atoms with E-state index in [1.54, 1.807) is 30.3 Å². The van der Waals surface area contributed by atoms with E-state index in [9.17, 15) is 35.1 Å². The minimum atomic E-state index is -1.85.